The summed E-state index contributed by atoms with van der Waals surface area (Å²) in [6.07, 6.45) is 4.34. The van der Waals surface area contributed by atoms with Crippen molar-refractivity contribution < 1.29 is 4.79 Å². The molecular weight excluding hydrogens is 266 g/mol. The number of rotatable bonds is 3. The number of Topliss-reactive ketones (excluding diaryl/α,β-unsaturated/α-hetero) is 1. The van der Waals surface area contributed by atoms with Gasteiger partial charge < -0.3 is 0 Å². The third kappa shape index (κ3) is 2.30. The molecule has 1 aromatic heterocycles. The van der Waals surface area contributed by atoms with E-state index in [-0.39, 0.29) is 10.6 Å². The Morgan fingerprint density at radius 3 is 3.00 bits per heavy atom. The minimum Gasteiger partial charge on any atom is -0.299 e. The summed E-state index contributed by atoms with van der Waals surface area (Å²) in [6.45, 7) is 1.60. The first-order chi connectivity index (χ1) is 7.68. The summed E-state index contributed by atoms with van der Waals surface area (Å²) in [7, 11) is 0. The molecule has 1 unspecified atom stereocenters. The van der Waals surface area contributed by atoms with Gasteiger partial charge in [0.2, 0.25) is 0 Å². The van der Waals surface area contributed by atoms with E-state index in [2.05, 4.69) is 27.0 Å². The van der Waals surface area contributed by atoms with Crippen LogP contribution in [-0.2, 0) is 11.2 Å². The van der Waals surface area contributed by atoms with Crippen LogP contribution in [0.5, 0.6) is 0 Å². The van der Waals surface area contributed by atoms with E-state index in [0.29, 0.717) is 6.42 Å². The SMILES string of the molecule is CC(=O)C(Br)Cc1cccc2ccncc12. The Hall–Kier alpha value is -1.22. The number of carbonyl (C=O) groups excluding carboxylic acids is 1. The van der Waals surface area contributed by atoms with Crippen molar-refractivity contribution in [3.8, 4) is 0 Å². The number of carbonyl (C=O) groups is 1. The van der Waals surface area contributed by atoms with Gasteiger partial charge in [0.1, 0.15) is 5.78 Å². The van der Waals surface area contributed by atoms with Crippen LogP contribution in [0.4, 0.5) is 0 Å². The van der Waals surface area contributed by atoms with Gasteiger partial charge >= 0.3 is 0 Å². The Bertz CT molecular complexity index is 519. The molecule has 2 nitrogen and oxygen atoms in total. The van der Waals surface area contributed by atoms with Gasteiger partial charge in [-0.1, -0.05) is 34.1 Å². The molecule has 16 heavy (non-hydrogen) atoms. The first-order valence-corrected chi connectivity index (χ1v) is 6.06. The van der Waals surface area contributed by atoms with Gasteiger partial charge in [0.05, 0.1) is 4.83 Å². The maximum Gasteiger partial charge on any atom is 0.143 e. The molecular formula is C13H12BrNO. The monoisotopic (exact) mass is 277 g/mol. The summed E-state index contributed by atoms with van der Waals surface area (Å²) < 4.78 is 0. The Morgan fingerprint density at radius 2 is 2.25 bits per heavy atom. The van der Waals surface area contributed by atoms with Crippen molar-refractivity contribution >= 4 is 32.5 Å². The number of alkyl halides is 1. The minimum atomic E-state index is -0.113. The van der Waals surface area contributed by atoms with Crippen LogP contribution in [0.15, 0.2) is 36.7 Å². The van der Waals surface area contributed by atoms with E-state index < -0.39 is 0 Å². The highest BCUT2D eigenvalue weighted by Crippen LogP contribution is 2.20. The zero-order valence-corrected chi connectivity index (χ0v) is 10.6. The van der Waals surface area contributed by atoms with Crippen molar-refractivity contribution in [2.75, 3.05) is 0 Å². The number of nitrogens with zero attached hydrogens (tertiary/aromatic N) is 1. The van der Waals surface area contributed by atoms with E-state index in [1.54, 1.807) is 13.1 Å². The maximum atomic E-state index is 11.2. The molecule has 82 valence electrons. The Morgan fingerprint density at radius 1 is 1.44 bits per heavy atom. The number of fused-ring (bicyclic) bond motifs is 1. The Labute approximate surface area is 103 Å². The second kappa shape index (κ2) is 4.74. The number of halogens is 1. The molecule has 2 rings (SSSR count). The normalized spacial score (nSPS) is 12.6. The van der Waals surface area contributed by atoms with E-state index in [1.807, 2.05) is 24.4 Å². The minimum absolute atomic E-state index is 0.113. The molecule has 1 atom stereocenters. The molecule has 0 radical (unpaired) electrons. The summed E-state index contributed by atoms with van der Waals surface area (Å²) in [5.74, 6) is 0.154. The fourth-order valence-corrected chi connectivity index (χ4v) is 2.04. The third-order valence-corrected chi connectivity index (χ3v) is 3.58. The van der Waals surface area contributed by atoms with Crippen LogP contribution < -0.4 is 0 Å². The van der Waals surface area contributed by atoms with Crippen molar-refractivity contribution in [2.24, 2.45) is 0 Å². The van der Waals surface area contributed by atoms with E-state index >= 15 is 0 Å². The van der Waals surface area contributed by atoms with Crippen LogP contribution in [0.25, 0.3) is 10.8 Å². The van der Waals surface area contributed by atoms with Crippen molar-refractivity contribution in [3.05, 3.63) is 42.2 Å². The third-order valence-electron chi connectivity index (χ3n) is 2.61. The van der Waals surface area contributed by atoms with Gasteiger partial charge in [-0.05, 0) is 30.4 Å². The second-order valence-electron chi connectivity index (χ2n) is 3.80. The molecule has 0 N–H and O–H groups in total. The van der Waals surface area contributed by atoms with E-state index in [9.17, 15) is 4.79 Å². The van der Waals surface area contributed by atoms with Crippen LogP contribution in [0.3, 0.4) is 0 Å². The molecule has 0 saturated carbocycles. The summed E-state index contributed by atoms with van der Waals surface area (Å²) >= 11 is 3.39. The van der Waals surface area contributed by atoms with Gasteiger partial charge in [-0.2, -0.15) is 0 Å². The first kappa shape index (κ1) is 11.3. The fraction of sp³-hybridized carbons (Fsp3) is 0.231. The average molecular weight is 278 g/mol. The molecule has 0 spiro atoms. The van der Waals surface area contributed by atoms with Crippen molar-refractivity contribution in [2.45, 2.75) is 18.2 Å². The predicted molar refractivity (Wildman–Crippen MR) is 68.8 cm³/mol. The van der Waals surface area contributed by atoms with Gasteiger partial charge in [-0.3, -0.25) is 9.78 Å². The largest absolute Gasteiger partial charge is 0.299 e. The average Bonchev–Trinajstić information content (AvgIpc) is 2.29. The molecule has 0 amide bonds. The molecule has 3 heteroatoms. The highest BCUT2D eigenvalue weighted by atomic mass is 79.9. The quantitative estimate of drug-likeness (QED) is 0.807. The molecule has 0 aliphatic carbocycles. The molecule has 0 saturated heterocycles. The smallest absolute Gasteiger partial charge is 0.143 e. The van der Waals surface area contributed by atoms with Crippen molar-refractivity contribution in [1.29, 1.82) is 0 Å². The molecule has 0 bridgehead atoms. The van der Waals surface area contributed by atoms with Crippen LogP contribution in [0.2, 0.25) is 0 Å². The topological polar surface area (TPSA) is 30.0 Å². The fourth-order valence-electron chi connectivity index (χ4n) is 1.69. The second-order valence-corrected chi connectivity index (χ2v) is 4.90. The molecule has 1 aromatic carbocycles. The Balaban J connectivity index is 2.41. The van der Waals surface area contributed by atoms with Gasteiger partial charge in [0.25, 0.3) is 0 Å². The zero-order valence-electron chi connectivity index (χ0n) is 8.98. The van der Waals surface area contributed by atoms with Crippen molar-refractivity contribution in [3.63, 3.8) is 0 Å². The summed E-state index contributed by atoms with van der Waals surface area (Å²) in [5, 5.41) is 2.28. The van der Waals surface area contributed by atoms with Crippen LogP contribution in [0.1, 0.15) is 12.5 Å². The van der Waals surface area contributed by atoms with Crippen LogP contribution in [-0.4, -0.2) is 15.6 Å². The maximum absolute atomic E-state index is 11.2. The van der Waals surface area contributed by atoms with Gasteiger partial charge in [0, 0.05) is 17.8 Å². The standard InChI is InChI=1S/C13H12BrNO/c1-9(16)13(14)7-11-4-2-3-10-5-6-15-8-12(10)11/h2-6,8,13H,7H2,1H3. The molecule has 0 aliphatic rings. The number of aromatic nitrogens is 1. The van der Waals surface area contributed by atoms with E-state index in [0.717, 1.165) is 16.3 Å². The summed E-state index contributed by atoms with van der Waals surface area (Å²) in [5.41, 5.74) is 1.16. The number of pyridine rings is 1. The van der Waals surface area contributed by atoms with Crippen LogP contribution in [0, 0.1) is 0 Å². The van der Waals surface area contributed by atoms with Gasteiger partial charge in [-0.25, -0.2) is 0 Å². The molecule has 0 aliphatic heterocycles. The first-order valence-electron chi connectivity index (χ1n) is 5.14. The lowest BCUT2D eigenvalue weighted by Gasteiger charge is -2.08. The lowest BCUT2D eigenvalue weighted by Crippen LogP contribution is -2.12. The van der Waals surface area contributed by atoms with Gasteiger partial charge in [-0.15, -0.1) is 0 Å². The molecule has 1 heterocycles. The molecule has 2 aromatic rings. The number of hydrogen-bond donors (Lipinski definition) is 0. The van der Waals surface area contributed by atoms with E-state index in [1.165, 1.54) is 0 Å². The number of benzene rings is 1. The lowest BCUT2D eigenvalue weighted by atomic mass is 10.0. The van der Waals surface area contributed by atoms with E-state index in [4.69, 9.17) is 0 Å². The number of hydrogen-bond acceptors (Lipinski definition) is 2. The lowest BCUT2D eigenvalue weighted by molar-refractivity contribution is -0.116. The van der Waals surface area contributed by atoms with Crippen LogP contribution >= 0.6 is 15.9 Å². The van der Waals surface area contributed by atoms with Crippen molar-refractivity contribution in [1.82, 2.24) is 4.98 Å². The zero-order chi connectivity index (χ0) is 11.5. The molecule has 0 fully saturated rings. The number of ketones is 1. The highest BCUT2D eigenvalue weighted by molar-refractivity contribution is 9.10. The van der Waals surface area contributed by atoms with Gasteiger partial charge in [0.15, 0.2) is 0 Å². The Kier molecular flexibility index (Phi) is 3.34. The predicted octanol–water partition coefficient (Wildman–Crippen LogP) is 3.13. The summed E-state index contributed by atoms with van der Waals surface area (Å²) in [4.78, 5) is 15.2. The highest BCUT2D eigenvalue weighted by Gasteiger charge is 2.12. The summed E-state index contributed by atoms with van der Waals surface area (Å²) in [6, 6.07) is 8.09.